The van der Waals surface area contributed by atoms with Crippen LogP contribution in [0.1, 0.15) is 56.4 Å². The topological polar surface area (TPSA) is 29.1 Å². The van der Waals surface area contributed by atoms with E-state index < -0.39 is 0 Å². The van der Waals surface area contributed by atoms with Gasteiger partial charge < -0.3 is 5.32 Å². The van der Waals surface area contributed by atoms with Crippen molar-refractivity contribution < 1.29 is 4.79 Å². The summed E-state index contributed by atoms with van der Waals surface area (Å²) in [4.78, 5) is 12.3. The Morgan fingerprint density at radius 3 is 2.38 bits per heavy atom. The molecule has 1 aromatic carbocycles. The summed E-state index contributed by atoms with van der Waals surface area (Å²) in [5, 5.41) is 3.29. The van der Waals surface area contributed by atoms with Crippen LogP contribution in [0.15, 0.2) is 42.5 Å². The van der Waals surface area contributed by atoms with E-state index in [0.29, 0.717) is 12.0 Å². The number of hydrogen-bond acceptors (Lipinski definition) is 1. The normalized spacial score (nSPS) is 29.0. The molecule has 1 fully saturated rings. The Labute approximate surface area is 127 Å². The zero-order valence-corrected chi connectivity index (χ0v) is 12.6. The van der Waals surface area contributed by atoms with E-state index in [1.54, 1.807) is 0 Å². The van der Waals surface area contributed by atoms with Crippen molar-refractivity contribution in [3.05, 3.63) is 48.0 Å². The first-order valence-corrected chi connectivity index (χ1v) is 8.33. The third-order valence-electron chi connectivity index (χ3n) is 4.98. The summed E-state index contributed by atoms with van der Waals surface area (Å²) in [6.45, 7) is 0. The number of amides is 1. The first kappa shape index (κ1) is 14.4. The van der Waals surface area contributed by atoms with Gasteiger partial charge in [0.2, 0.25) is 5.91 Å². The largest absolute Gasteiger partial charge is 0.353 e. The van der Waals surface area contributed by atoms with Crippen LogP contribution in [0.3, 0.4) is 0 Å². The highest BCUT2D eigenvalue weighted by atomic mass is 16.1. The second kappa shape index (κ2) is 6.93. The van der Waals surface area contributed by atoms with Crippen LogP contribution in [0.4, 0.5) is 0 Å². The molecule has 0 bridgehead atoms. The molecule has 1 aromatic rings. The zero-order valence-electron chi connectivity index (χ0n) is 12.6. The number of benzene rings is 1. The van der Waals surface area contributed by atoms with Crippen LogP contribution < -0.4 is 5.32 Å². The number of allylic oxidation sites excluding steroid dienone is 2. The minimum Gasteiger partial charge on any atom is -0.353 e. The Hall–Kier alpha value is -1.57. The van der Waals surface area contributed by atoms with E-state index >= 15 is 0 Å². The van der Waals surface area contributed by atoms with Crippen molar-refractivity contribution in [2.75, 3.05) is 0 Å². The van der Waals surface area contributed by atoms with Gasteiger partial charge in [0.05, 0.1) is 0 Å². The van der Waals surface area contributed by atoms with Crippen LogP contribution in [0.2, 0.25) is 0 Å². The first-order chi connectivity index (χ1) is 10.3. The first-order valence-electron chi connectivity index (χ1n) is 8.33. The van der Waals surface area contributed by atoms with Crippen molar-refractivity contribution in [3.63, 3.8) is 0 Å². The fourth-order valence-corrected chi connectivity index (χ4v) is 3.65. The van der Waals surface area contributed by atoms with Crippen LogP contribution in [0, 0.1) is 5.92 Å². The smallest absolute Gasteiger partial charge is 0.223 e. The fourth-order valence-electron chi connectivity index (χ4n) is 3.65. The van der Waals surface area contributed by atoms with Gasteiger partial charge in [-0.05, 0) is 56.4 Å². The van der Waals surface area contributed by atoms with Gasteiger partial charge in [0, 0.05) is 12.0 Å². The molecule has 2 nitrogen and oxygen atoms in total. The van der Waals surface area contributed by atoms with Crippen molar-refractivity contribution in [1.29, 1.82) is 0 Å². The second-order valence-corrected chi connectivity index (χ2v) is 6.45. The van der Waals surface area contributed by atoms with E-state index in [4.69, 9.17) is 0 Å². The van der Waals surface area contributed by atoms with Gasteiger partial charge >= 0.3 is 0 Å². The minimum absolute atomic E-state index is 0.210. The molecule has 2 aliphatic carbocycles. The molecule has 0 heterocycles. The molecular formula is C19H25NO. The highest BCUT2D eigenvalue weighted by molar-refractivity contribution is 5.79. The summed E-state index contributed by atoms with van der Waals surface area (Å²) in [6, 6.07) is 11.2. The highest BCUT2D eigenvalue weighted by Crippen LogP contribution is 2.33. The molecule has 21 heavy (non-hydrogen) atoms. The number of hydrogen-bond donors (Lipinski definition) is 1. The number of nitrogens with one attached hydrogen (secondary N) is 1. The molecule has 112 valence electrons. The van der Waals surface area contributed by atoms with Crippen molar-refractivity contribution in [3.8, 4) is 0 Å². The van der Waals surface area contributed by atoms with Crippen molar-refractivity contribution in [1.82, 2.24) is 5.32 Å². The third-order valence-corrected chi connectivity index (χ3v) is 4.98. The lowest BCUT2D eigenvalue weighted by Gasteiger charge is -2.30. The third kappa shape index (κ3) is 3.75. The summed E-state index contributed by atoms with van der Waals surface area (Å²) >= 11 is 0. The van der Waals surface area contributed by atoms with Gasteiger partial charge in [-0.25, -0.2) is 0 Å². The van der Waals surface area contributed by atoms with Gasteiger partial charge in [-0.2, -0.15) is 0 Å². The Bertz CT molecular complexity index is 486. The summed E-state index contributed by atoms with van der Waals surface area (Å²) in [6.07, 6.45) is 12.0. The number of carbonyl (C=O) groups is 1. The molecule has 2 heteroatoms. The lowest BCUT2D eigenvalue weighted by atomic mass is 9.81. The monoisotopic (exact) mass is 283 g/mol. The Balaban J connectivity index is 1.47. The van der Waals surface area contributed by atoms with E-state index in [0.717, 1.165) is 32.1 Å². The quantitative estimate of drug-likeness (QED) is 0.828. The van der Waals surface area contributed by atoms with E-state index in [2.05, 4.69) is 47.8 Å². The lowest BCUT2D eigenvalue weighted by molar-refractivity contribution is -0.126. The van der Waals surface area contributed by atoms with Crippen LogP contribution in [0.25, 0.3) is 0 Å². The van der Waals surface area contributed by atoms with E-state index in [-0.39, 0.29) is 11.8 Å². The van der Waals surface area contributed by atoms with Gasteiger partial charge in [0.1, 0.15) is 0 Å². The minimum atomic E-state index is 0.210. The second-order valence-electron chi connectivity index (χ2n) is 6.45. The van der Waals surface area contributed by atoms with Crippen molar-refractivity contribution in [2.45, 2.75) is 56.9 Å². The molecular weight excluding hydrogens is 258 g/mol. The summed E-state index contributed by atoms with van der Waals surface area (Å²) in [5.74, 6) is 1.17. The van der Waals surface area contributed by atoms with E-state index in [9.17, 15) is 4.79 Å². The SMILES string of the molecule is O=C(NC1CCC(c2ccccc2)CC1)C1CC=CCC1. The molecule has 0 aliphatic heterocycles. The summed E-state index contributed by atoms with van der Waals surface area (Å²) in [5.41, 5.74) is 1.46. The molecule has 1 amide bonds. The molecule has 0 saturated heterocycles. The standard InChI is InChI=1S/C19H25NO/c21-19(17-9-5-2-6-10-17)20-18-13-11-16(12-14-18)15-7-3-1-4-8-15/h1-5,7-8,16-18H,6,9-14H2,(H,20,21). The molecule has 1 unspecified atom stereocenters. The Kier molecular flexibility index (Phi) is 4.74. The zero-order chi connectivity index (χ0) is 14.5. The summed E-state index contributed by atoms with van der Waals surface area (Å²) in [7, 11) is 0. The predicted octanol–water partition coefficient (Wildman–Crippen LogP) is 4.19. The van der Waals surface area contributed by atoms with Gasteiger partial charge in [-0.15, -0.1) is 0 Å². The highest BCUT2D eigenvalue weighted by Gasteiger charge is 2.26. The average molecular weight is 283 g/mol. The predicted molar refractivity (Wildman–Crippen MR) is 86.1 cm³/mol. The lowest BCUT2D eigenvalue weighted by Crippen LogP contribution is -2.41. The molecule has 1 N–H and O–H groups in total. The average Bonchev–Trinajstić information content (AvgIpc) is 2.57. The molecule has 3 rings (SSSR count). The maximum atomic E-state index is 12.3. The van der Waals surface area contributed by atoms with Crippen LogP contribution in [0.5, 0.6) is 0 Å². The van der Waals surface area contributed by atoms with Crippen molar-refractivity contribution >= 4 is 5.91 Å². The van der Waals surface area contributed by atoms with Gasteiger partial charge in [-0.1, -0.05) is 42.5 Å². The maximum Gasteiger partial charge on any atom is 0.223 e. The van der Waals surface area contributed by atoms with Gasteiger partial charge in [0.25, 0.3) is 0 Å². The molecule has 0 spiro atoms. The van der Waals surface area contributed by atoms with Crippen LogP contribution >= 0.6 is 0 Å². The molecule has 0 aromatic heterocycles. The van der Waals surface area contributed by atoms with E-state index in [1.165, 1.54) is 18.4 Å². The Morgan fingerprint density at radius 1 is 0.952 bits per heavy atom. The van der Waals surface area contributed by atoms with Crippen LogP contribution in [-0.2, 0) is 4.79 Å². The molecule has 0 radical (unpaired) electrons. The number of rotatable bonds is 3. The van der Waals surface area contributed by atoms with Crippen molar-refractivity contribution in [2.24, 2.45) is 5.92 Å². The number of carbonyl (C=O) groups excluding carboxylic acids is 1. The fraction of sp³-hybridized carbons (Fsp3) is 0.526. The van der Waals surface area contributed by atoms with Gasteiger partial charge in [0.15, 0.2) is 0 Å². The van der Waals surface area contributed by atoms with Crippen LogP contribution in [-0.4, -0.2) is 11.9 Å². The maximum absolute atomic E-state index is 12.3. The summed E-state index contributed by atoms with van der Waals surface area (Å²) < 4.78 is 0. The molecule has 1 atom stereocenters. The molecule has 1 saturated carbocycles. The van der Waals surface area contributed by atoms with E-state index in [1.807, 2.05) is 0 Å². The van der Waals surface area contributed by atoms with Gasteiger partial charge in [-0.3, -0.25) is 4.79 Å². The Morgan fingerprint density at radius 2 is 1.71 bits per heavy atom. The molecule has 2 aliphatic rings.